The Balaban J connectivity index is 1.51. The highest BCUT2D eigenvalue weighted by Crippen LogP contribution is 2.49. The second-order valence-electron chi connectivity index (χ2n) is 11.2. The number of anilines is 6. The summed E-state index contributed by atoms with van der Waals surface area (Å²) in [4.78, 5) is 4.04. The number of hydrogen-bond acceptors (Lipinski definition) is 2. The molecular formula is C37H22BF3N2. The zero-order valence-corrected chi connectivity index (χ0v) is 22.8. The van der Waals surface area contributed by atoms with E-state index in [1.165, 1.54) is 12.1 Å². The van der Waals surface area contributed by atoms with E-state index in [2.05, 4.69) is 48.5 Å². The van der Waals surface area contributed by atoms with Crippen molar-refractivity contribution in [2.24, 2.45) is 0 Å². The van der Waals surface area contributed by atoms with Crippen LogP contribution < -0.4 is 26.2 Å². The topological polar surface area (TPSA) is 6.48 Å². The molecule has 6 aromatic rings. The minimum atomic E-state index is -4.53. The van der Waals surface area contributed by atoms with Crippen LogP contribution in [0.1, 0.15) is 5.56 Å². The van der Waals surface area contributed by atoms with Gasteiger partial charge >= 0.3 is 6.18 Å². The Labute approximate surface area is 247 Å². The Bertz CT molecular complexity index is 1950. The van der Waals surface area contributed by atoms with Gasteiger partial charge in [-0.15, -0.1) is 0 Å². The molecule has 0 aliphatic carbocycles. The molecule has 0 unspecified atom stereocenters. The molecule has 204 valence electrons. The average molecular weight is 562 g/mol. The fourth-order valence-electron chi connectivity index (χ4n) is 7.38. The van der Waals surface area contributed by atoms with Crippen molar-refractivity contribution in [2.45, 2.75) is 6.18 Å². The van der Waals surface area contributed by atoms with Gasteiger partial charge in [-0.25, -0.2) is 0 Å². The van der Waals surface area contributed by atoms with Crippen LogP contribution in [0.4, 0.5) is 47.3 Å². The molecule has 43 heavy (non-hydrogen) atoms. The van der Waals surface area contributed by atoms with Crippen molar-refractivity contribution < 1.29 is 13.2 Å². The van der Waals surface area contributed by atoms with Gasteiger partial charge in [0, 0.05) is 34.1 Å². The van der Waals surface area contributed by atoms with Crippen LogP contribution in [0.5, 0.6) is 0 Å². The summed E-state index contributed by atoms with van der Waals surface area (Å²) in [5, 5.41) is 0. The first-order chi connectivity index (χ1) is 21.0. The summed E-state index contributed by atoms with van der Waals surface area (Å²) in [7, 11) is 0. The average Bonchev–Trinajstić information content (AvgIpc) is 3.16. The maximum Gasteiger partial charge on any atom is 0.416 e. The van der Waals surface area contributed by atoms with Crippen LogP contribution in [0, 0.1) is 0 Å². The maximum absolute atomic E-state index is 14.7. The van der Waals surface area contributed by atoms with E-state index in [4.69, 9.17) is 0 Å². The van der Waals surface area contributed by atoms with E-state index >= 15 is 0 Å². The molecule has 0 saturated carbocycles. The Morgan fingerprint density at radius 1 is 0.419 bits per heavy atom. The van der Waals surface area contributed by atoms with Crippen LogP contribution in [0.2, 0.25) is 0 Å². The van der Waals surface area contributed by atoms with Gasteiger partial charge in [-0.05, 0) is 87.2 Å². The van der Waals surface area contributed by atoms with Gasteiger partial charge in [-0.1, -0.05) is 84.9 Å². The molecule has 2 nitrogen and oxygen atoms in total. The summed E-state index contributed by atoms with van der Waals surface area (Å²) in [6, 6.07) is 43.0. The van der Waals surface area contributed by atoms with E-state index in [0.29, 0.717) is 11.4 Å². The molecule has 0 fully saturated rings. The van der Waals surface area contributed by atoms with Crippen LogP contribution in [0.3, 0.4) is 0 Å². The number of fused-ring (bicyclic) bond motifs is 3. The Morgan fingerprint density at radius 2 is 0.837 bits per heavy atom. The Hall–Kier alpha value is -5.23. The lowest BCUT2D eigenvalue weighted by Gasteiger charge is -2.45. The van der Waals surface area contributed by atoms with Gasteiger partial charge < -0.3 is 9.80 Å². The molecule has 0 amide bonds. The Kier molecular flexibility index (Phi) is 4.90. The molecule has 9 rings (SSSR count). The minimum absolute atomic E-state index is 0.253. The maximum atomic E-state index is 14.7. The summed E-state index contributed by atoms with van der Waals surface area (Å²) in [6.45, 7) is -0.253. The molecule has 0 N–H and O–H groups in total. The van der Waals surface area contributed by atoms with Gasteiger partial charge in [0.2, 0.25) is 0 Å². The molecule has 0 radical (unpaired) electrons. The molecular weight excluding hydrogens is 540 g/mol. The molecule has 0 bridgehead atoms. The fraction of sp³-hybridized carbons (Fsp3) is 0.0270. The third kappa shape index (κ3) is 3.32. The number of hydrogen-bond donors (Lipinski definition) is 0. The van der Waals surface area contributed by atoms with Crippen LogP contribution in [-0.2, 0) is 6.18 Å². The van der Waals surface area contributed by atoms with Gasteiger partial charge in [0.1, 0.15) is 0 Å². The van der Waals surface area contributed by atoms with Crippen molar-refractivity contribution in [3.8, 4) is 22.3 Å². The molecule has 3 aliphatic heterocycles. The fourth-order valence-corrected chi connectivity index (χ4v) is 7.38. The van der Waals surface area contributed by atoms with E-state index in [9.17, 15) is 13.2 Å². The molecule has 3 heterocycles. The summed E-state index contributed by atoms with van der Waals surface area (Å²) < 4.78 is 44.2. The molecule has 0 spiro atoms. The van der Waals surface area contributed by atoms with Crippen molar-refractivity contribution in [2.75, 3.05) is 9.80 Å². The van der Waals surface area contributed by atoms with Crippen molar-refractivity contribution in [1.29, 1.82) is 0 Å². The first-order valence-corrected chi connectivity index (χ1v) is 14.3. The largest absolute Gasteiger partial charge is 0.416 e. The van der Waals surface area contributed by atoms with Gasteiger partial charge in [0.05, 0.1) is 5.56 Å². The summed E-state index contributed by atoms with van der Waals surface area (Å²) in [5.74, 6) is 0. The van der Waals surface area contributed by atoms with E-state index < -0.39 is 11.7 Å². The van der Waals surface area contributed by atoms with Crippen LogP contribution in [0.25, 0.3) is 22.3 Å². The lowest BCUT2D eigenvalue weighted by molar-refractivity contribution is -0.137. The van der Waals surface area contributed by atoms with Crippen molar-refractivity contribution in [1.82, 2.24) is 0 Å². The number of para-hydroxylation sites is 2. The number of rotatable bonds is 2. The van der Waals surface area contributed by atoms with Gasteiger partial charge in [0.15, 0.2) is 0 Å². The molecule has 0 atom stereocenters. The number of nitrogens with zero attached hydrogens (tertiary/aromatic N) is 2. The third-order valence-corrected chi connectivity index (χ3v) is 9.00. The Morgan fingerprint density at radius 3 is 1.28 bits per heavy atom. The van der Waals surface area contributed by atoms with Crippen molar-refractivity contribution in [3.63, 3.8) is 0 Å². The molecule has 6 heteroatoms. The summed E-state index contributed by atoms with van der Waals surface area (Å²) in [5.41, 5.74) is 11.4. The summed E-state index contributed by atoms with van der Waals surface area (Å²) >= 11 is 0. The monoisotopic (exact) mass is 562 g/mol. The highest BCUT2D eigenvalue weighted by molar-refractivity contribution is 7.02. The normalized spacial score (nSPS) is 13.8. The lowest BCUT2D eigenvalue weighted by atomic mass is 9.32. The quantitative estimate of drug-likeness (QED) is 0.195. The molecule has 6 aromatic carbocycles. The van der Waals surface area contributed by atoms with Crippen molar-refractivity contribution >= 4 is 57.2 Å². The second kappa shape index (κ2) is 8.65. The van der Waals surface area contributed by atoms with E-state index in [1.807, 2.05) is 82.6 Å². The van der Waals surface area contributed by atoms with Gasteiger partial charge in [-0.2, -0.15) is 13.2 Å². The molecule has 0 aromatic heterocycles. The predicted octanol–water partition coefficient (Wildman–Crippen LogP) is 8.44. The highest BCUT2D eigenvalue weighted by Gasteiger charge is 2.48. The third-order valence-electron chi connectivity index (χ3n) is 9.00. The smallest absolute Gasteiger partial charge is 0.311 e. The molecule has 3 aliphatic rings. The first kappa shape index (κ1) is 24.4. The van der Waals surface area contributed by atoms with E-state index in [0.717, 1.165) is 61.4 Å². The lowest BCUT2D eigenvalue weighted by Crippen LogP contribution is -2.62. The van der Waals surface area contributed by atoms with Gasteiger partial charge in [-0.3, -0.25) is 0 Å². The summed E-state index contributed by atoms with van der Waals surface area (Å²) in [6.07, 6.45) is -4.53. The van der Waals surface area contributed by atoms with E-state index in [-0.39, 0.29) is 6.71 Å². The highest BCUT2D eigenvalue weighted by atomic mass is 19.4. The standard InChI is InChI=1S/C37H22BF3N2/c39-37(40,41)23-21-32-36-33(22-23)43(25-13-5-2-6-14-25)31-20-10-18-29-27-16-8-7-15-26(27)28-17-9-19-30(34(28)38(36)35(29)31)42(32)24-11-3-1-4-12-24/h1-22H. The molecule has 0 saturated heterocycles. The minimum Gasteiger partial charge on any atom is -0.311 e. The SMILES string of the molecule is FC(F)(F)c1cc2c3c(c1)N(c1ccccc1)c1cccc4c1B3c1c(cccc1N2c1ccccc1)-c1ccccc1-4. The van der Waals surface area contributed by atoms with Crippen LogP contribution in [-0.4, -0.2) is 6.71 Å². The predicted molar refractivity (Wildman–Crippen MR) is 170 cm³/mol. The van der Waals surface area contributed by atoms with Crippen LogP contribution in [0.15, 0.2) is 133 Å². The first-order valence-electron chi connectivity index (χ1n) is 14.3. The zero-order chi connectivity index (χ0) is 28.9. The van der Waals surface area contributed by atoms with Gasteiger partial charge in [0.25, 0.3) is 6.71 Å². The number of halogens is 3. The zero-order valence-electron chi connectivity index (χ0n) is 22.8. The van der Waals surface area contributed by atoms with Crippen molar-refractivity contribution in [3.05, 3.63) is 139 Å². The van der Waals surface area contributed by atoms with E-state index in [1.54, 1.807) is 0 Å². The van der Waals surface area contributed by atoms with Crippen LogP contribution >= 0.6 is 0 Å². The number of alkyl halides is 3. The number of benzene rings is 6. The second-order valence-corrected chi connectivity index (χ2v) is 11.2.